The van der Waals surface area contributed by atoms with Gasteiger partial charge in [0, 0.05) is 18.1 Å². The Bertz CT molecular complexity index is 474. The van der Waals surface area contributed by atoms with Gasteiger partial charge in [-0.25, -0.2) is 4.79 Å². The molecule has 0 aliphatic rings. The summed E-state index contributed by atoms with van der Waals surface area (Å²) in [6.07, 6.45) is 17.3. The molecule has 0 spiro atoms. The number of esters is 1. The molecule has 0 saturated heterocycles. The Hall–Kier alpha value is -1.71. The smallest absolute Gasteiger partial charge is 0.336 e. The van der Waals surface area contributed by atoms with Crippen molar-refractivity contribution in [1.29, 1.82) is 0 Å². The predicted molar refractivity (Wildman–Crippen MR) is 96.2 cm³/mol. The Balaban J connectivity index is 2.30. The topological polar surface area (TPSA) is 43.1 Å². The third-order valence-electron chi connectivity index (χ3n) is 4.11. The Kier molecular flexibility index (Phi) is 10.7. The van der Waals surface area contributed by atoms with Crippen molar-refractivity contribution in [3.63, 3.8) is 0 Å². The Morgan fingerprint density at radius 2 is 1.75 bits per heavy atom. The molecule has 0 saturated carbocycles. The second-order valence-electron chi connectivity index (χ2n) is 6.46. The van der Waals surface area contributed by atoms with Crippen molar-refractivity contribution >= 4 is 5.97 Å². The van der Waals surface area contributed by atoms with Crippen LogP contribution in [0.5, 0.6) is 0 Å². The average molecular weight is 333 g/mol. The van der Waals surface area contributed by atoms with Crippen molar-refractivity contribution in [2.24, 2.45) is 0 Å². The zero-order valence-corrected chi connectivity index (χ0v) is 15.4. The van der Waals surface area contributed by atoms with Gasteiger partial charge in [0.2, 0.25) is 6.23 Å². The van der Waals surface area contributed by atoms with E-state index in [2.05, 4.69) is 18.5 Å². The molecule has 0 radical (unpaired) electrons. The molecular weight excluding hydrogens is 300 g/mol. The van der Waals surface area contributed by atoms with Crippen LogP contribution in [0.3, 0.4) is 0 Å². The quantitative estimate of drug-likeness (QED) is 0.223. The molecule has 0 aliphatic carbocycles. The Labute approximate surface area is 147 Å². The minimum absolute atomic E-state index is 0.299. The summed E-state index contributed by atoms with van der Waals surface area (Å²) in [4.78, 5) is 15.9. The number of unbranched alkanes of at least 4 members (excludes halogenated alkanes) is 8. The third kappa shape index (κ3) is 8.80. The number of carbonyl (C=O) groups excluding carboxylic acids is 1. The summed E-state index contributed by atoms with van der Waals surface area (Å²) < 4.78 is 7.41. The van der Waals surface area contributed by atoms with Crippen LogP contribution in [-0.2, 0) is 9.53 Å². The molecule has 0 aliphatic heterocycles. The van der Waals surface area contributed by atoms with Crippen LogP contribution in [0, 0.1) is 0 Å². The van der Waals surface area contributed by atoms with Gasteiger partial charge in [0.15, 0.2) is 0 Å². The lowest BCUT2D eigenvalue weighted by molar-refractivity contribution is -0.760. The van der Waals surface area contributed by atoms with Crippen molar-refractivity contribution in [3.8, 4) is 0 Å². The van der Waals surface area contributed by atoms with Crippen LogP contribution in [0.2, 0.25) is 0 Å². The maximum atomic E-state index is 11.8. The van der Waals surface area contributed by atoms with Crippen LogP contribution >= 0.6 is 0 Å². The predicted octanol–water partition coefficient (Wildman–Crippen LogP) is 4.91. The summed E-state index contributed by atoms with van der Waals surface area (Å²) in [6, 6.07) is 1.85. The first-order valence-corrected chi connectivity index (χ1v) is 9.32. The standard InChI is InChI=1S/C20H33N2O2/c1-4-5-6-7-8-9-10-11-12-14-19(24-20(23)18(2)3)22-16-13-15-21-17-22/h13,15-17,19H,2,4-12,14H2,1,3H3/q+1. The third-order valence-corrected chi connectivity index (χ3v) is 4.11. The molecule has 4 nitrogen and oxygen atoms in total. The van der Waals surface area contributed by atoms with Crippen LogP contribution < -0.4 is 4.57 Å². The van der Waals surface area contributed by atoms with Gasteiger partial charge in [-0.05, 0) is 13.3 Å². The van der Waals surface area contributed by atoms with Crippen molar-refractivity contribution in [1.82, 2.24) is 4.98 Å². The van der Waals surface area contributed by atoms with E-state index in [1.807, 2.05) is 16.8 Å². The largest absolute Gasteiger partial charge is 0.419 e. The molecule has 0 bridgehead atoms. The van der Waals surface area contributed by atoms with Gasteiger partial charge >= 0.3 is 5.97 Å². The second-order valence-corrected chi connectivity index (χ2v) is 6.46. The van der Waals surface area contributed by atoms with Gasteiger partial charge in [-0.15, -0.1) is 0 Å². The van der Waals surface area contributed by atoms with Crippen LogP contribution in [0.15, 0.2) is 36.9 Å². The van der Waals surface area contributed by atoms with Gasteiger partial charge in [-0.3, -0.25) is 0 Å². The van der Waals surface area contributed by atoms with E-state index in [0.29, 0.717) is 5.57 Å². The highest BCUT2D eigenvalue weighted by molar-refractivity contribution is 5.86. The fraction of sp³-hybridized carbons (Fsp3) is 0.650. The van der Waals surface area contributed by atoms with Crippen molar-refractivity contribution in [2.75, 3.05) is 0 Å². The lowest BCUT2D eigenvalue weighted by Crippen LogP contribution is -2.42. The van der Waals surface area contributed by atoms with E-state index in [0.717, 1.165) is 12.8 Å². The number of nitrogens with zero attached hydrogens (tertiary/aromatic N) is 2. The van der Waals surface area contributed by atoms with Gasteiger partial charge in [0.1, 0.15) is 6.20 Å². The summed E-state index contributed by atoms with van der Waals surface area (Å²) in [6.45, 7) is 7.57. The molecule has 1 unspecified atom stereocenters. The molecule has 1 atom stereocenters. The normalized spacial score (nSPS) is 11.9. The molecule has 1 aromatic rings. The average Bonchev–Trinajstić information content (AvgIpc) is 2.59. The minimum atomic E-state index is -0.340. The van der Waals surface area contributed by atoms with E-state index < -0.39 is 0 Å². The molecule has 0 amide bonds. The van der Waals surface area contributed by atoms with E-state index in [1.54, 1.807) is 19.4 Å². The molecule has 134 valence electrons. The SMILES string of the molecule is C=C(C)C(=O)OC(CCCCCCCCCCC)[n+]1cccnc1. The summed E-state index contributed by atoms with van der Waals surface area (Å²) in [5.74, 6) is -0.340. The number of hydrogen-bond donors (Lipinski definition) is 0. The number of rotatable bonds is 13. The molecule has 1 aromatic heterocycles. The fourth-order valence-corrected chi connectivity index (χ4v) is 2.63. The number of aromatic nitrogens is 2. The zero-order valence-electron chi connectivity index (χ0n) is 15.4. The first-order valence-electron chi connectivity index (χ1n) is 9.32. The van der Waals surface area contributed by atoms with Crippen LogP contribution in [0.25, 0.3) is 0 Å². The molecule has 1 heterocycles. The Morgan fingerprint density at radius 1 is 1.12 bits per heavy atom. The molecule has 0 N–H and O–H groups in total. The summed E-state index contributed by atoms with van der Waals surface area (Å²) in [5, 5.41) is 0. The van der Waals surface area contributed by atoms with Gasteiger partial charge < -0.3 is 4.74 Å². The number of ether oxygens (including phenoxy) is 1. The first-order chi connectivity index (χ1) is 11.6. The van der Waals surface area contributed by atoms with Crippen LogP contribution in [0.1, 0.15) is 84.3 Å². The number of carbonyl (C=O) groups is 1. The monoisotopic (exact) mass is 333 g/mol. The maximum Gasteiger partial charge on any atom is 0.336 e. The lowest BCUT2D eigenvalue weighted by atomic mass is 10.1. The Morgan fingerprint density at radius 3 is 2.29 bits per heavy atom. The highest BCUT2D eigenvalue weighted by Gasteiger charge is 2.19. The van der Waals surface area contributed by atoms with Crippen LogP contribution in [-0.4, -0.2) is 11.0 Å². The summed E-state index contributed by atoms with van der Waals surface area (Å²) >= 11 is 0. The second kappa shape index (κ2) is 12.7. The fourth-order valence-electron chi connectivity index (χ4n) is 2.63. The zero-order chi connectivity index (χ0) is 17.6. The van der Waals surface area contributed by atoms with Crippen molar-refractivity contribution < 1.29 is 14.1 Å². The molecule has 0 aromatic carbocycles. The molecule has 24 heavy (non-hydrogen) atoms. The lowest BCUT2D eigenvalue weighted by Gasteiger charge is -2.15. The van der Waals surface area contributed by atoms with Crippen LogP contribution in [0.4, 0.5) is 0 Å². The van der Waals surface area contributed by atoms with E-state index in [-0.39, 0.29) is 12.2 Å². The first kappa shape index (κ1) is 20.3. The van der Waals surface area contributed by atoms with Crippen molar-refractivity contribution in [3.05, 3.63) is 36.9 Å². The summed E-state index contributed by atoms with van der Waals surface area (Å²) in [7, 11) is 0. The van der Waals surface area contributed by atoms with Crippen molar-refractivity contribution in [2.45, 2.75) is 84.3 Å². The van der Waals surface area contributed by atoms with E-state index in [1.165, 1.54) is 51.4 Å². The molecule has 1 rings (SSSR count). The minimum Gasteiger partial charge on any atom is -0.419 e. The van der Waals surface area contributed by atoms with Gasteiger partial charge in [0.25, 0.3) is 6.33 Å². The van der Waals surface area contributed by atoms with Gasteiger partial charge in [-0.1, -0.05) is 69.9 Å². The van der Waals surface area contributed by atoms with E-state index >= 15 is 0 Å². The number of hydrogen-bond acceptors (Lipinski definition) is 3. The summed E-state index contributed by atoms with van der Waals surface area (Å²) in [5.41, 5.74) is 0.427. The molecule has 0 fully saturated rings. The molecule has 4 heteroatoms. The van der Waals surface area contributed by atoms with E-state index in [9.17, 15) is 4.79 Å². The highest BCUT2D eigenvalue weighted by atomic mass is 16.6. The molecular formula is C20H33N2O2+. The van der Waals surface area contributed by atoms with Gasteiger partial charge in [0.05, 0.1) is 6.20 Å². The maximum absolute atomic E-state index is 11.8. The highest BCUT2D eigenvalue weighted by Crippen LogP contribution is 2.15. The van der Waals surface area contributed by atoms with Gasteiger partial charge in [-0.2, -0.15) is 4.57 Å². The van der Waals surface area contributed by atoms with E-state index in [4.69, 9.17) is 4.74 Å².